The van der Waals surface area contributed by atoms with Gasteiger partial charge in [0.1, 0.15) is 0 Å². The van der Waals surface area contributed by atoms with E-state index in [0.717, 1.165) is 26.1 Å². The van der Waals surface area contributed by atoms with Crippen LogP contribution in [0.2, 0.25) is 0 Å². The van der Waals surface area contributed by atoms with Crippen LogP contribution in [0.5, 0.6) is 0 Å². The van der Waals surface area contributed by atoms with Gasteiger partial charge in [-0.15, -0.1) is 0 Å². The Bertz CT molecular complexity index is 329. The lowest BCUT2D eigenvalue weighted by Gasteiger charge is -2.16. The van der Waals surface area contributed by atoms with Crippen LogP contribution in [0.4, 0.5) is 0 Å². The fourth-order valence-electron chi connectivity index (χ4n) is 2.47. The summed E-state index contributed by atoms with van der Waals surface area (Å²) in [5, 5.41) is 0. The van der Waals surface area contributed by atoms with Gasteiger partial charge >= 0.3 is 0 Å². The molecule has 0 bridgehead atoms. The molecule has 0 unspecified atom stereocenters. The second kappa shape index (κ2) is 19.0. The molecule has 2 heteroatoms. The Morgan fingerprint density at radius 1 is 0.826 bits per heavy atom. The highest BCUT2D eigenvalue weighted by atomic mass is 16.7. The van der Waals surface area contributed by atoms with E-state index in [4.69, 9.17) is 9.47 Å². The molecule has 0 saturated carbocycles. The molecule has 0 heterocycles. The maximum absolute atomic E-state index is 5.55. The summed E-state index contributed by atoms with van der Waals surface area (Å²) in [5.74, 6) is 5.74. The van der Waals surface area contributed by atoms with Gasteiger partial charge < -0.3 is 9.47 Å². The lowest BCUT2D eigenvalue weighted by molar-refractivity contribution is -0.140. The van der Waals surface area contributed by atoms with E-state index in [1.807, 2.05) is 19.9 Å². The Kier molecular flexibility index (Phi) is 18.1. The van der Waals surface area contributed by atoms with Crippen molar-refractivity contribution in [2.24, 2.45) is 0 Å². The van der Waals surface area contributed by atoms with Crippen molar-refractivity contribution in [3.8, 4) is 11.8 Å². The van der Waals surface area contributed by atoms with Gasteiger partial charge in [-0.1, -0.05) is 63.0 Å². The molecular weight excluding hydrogens is 284 g/mol. The average Bonchev–Trinajstić information content (AvgIpc) is 2.55. The average molecular weight is 321 g/mol. The van der Waals surface area contributed by atoms with Crippen molar-refractivity contribution in [2.75, 3.05) is 13.2 Å². The minimum atomic E-state index is 0.00854. The first-order chi connectivity index (χ1) is 11.3. The summed E-state index contributed by atoms with van der Waals surface area (Å²) in [6.45, 7) is 9.08. The molecule has 0 atom stereocenters. The van der Waals surface area contributed by atoms with Gasteiger partial charge in [0.25, 0.3) is 0 Å². The molecule has 0 saturated heterocycles. The van der Waals surface area contributed by atoms with Crippen molar-refractivity contribution in [1.29, 1.82) is 0 Å². The molecule has 0 radical (unpaired) electrons. The summed E-state index contributed by atoms with van der Waals surface area (Å²) < 4.78 is 11.1. The van der Waals surface area contributed by atoms with Crippen LogP contribution in [-0.2, 0) is 9.47 Å². The van der Waals surface area contributed by atoms with Gasteiger partial charge in [0.2, 0.25) is 0 Å². The zero-order chi connectivity index (χ0) is 17.0. The molecule has 0 aromatic carbocycles. The van der Waals surface area contributed by atoms with Crippen molar-refractivity contribution in [1.82, 2.24) is 0 Å². The SMILES string of the molecule is C=CC#C/C=C\CCCCCCCCCCC(OCC)OCC. The maximum Gasteiger partial charge on any atom is 0.157 e. The number of allylic oxidation sites excluding steroid dienone is 3. The second-order valence-electron chi connectivity index (χ2n) is 5.64. The number of hydrogen-bond acceptors (Lipinski definition) is 2. The monoisotopic (exact) mass is 320 g/mol. The van der Waals surface area contributed by atoms with Crippen molar-refractivity contribution >= 4 is 0 Å². The Balaban J connectivity index is 3.29. The smallest absolute Gasteiger partial charge is 0.157 e. The predicted molar refractivity (Wildman–Crippen MR) is 100 cm³/mol. The zero-order valence-electron chi connectivity index (χ0n) is 15.3. The van der Waals surface area contributed by atoms with Gasteiger partial charge in [0.15, 0.2) is 6.29 Å². The minimum Gasteiger partial charge on any atom is -0.353 e. The van der Waals surface area contributed by atoms with E-state index in [9.17, 15) is 0 Å². The van der Waals surface area contributed by atoms with Crippen molar-refractivity contribution < 1.29 is 9.47 Å². The topological polar surface area (TPSA) is 18.5 Å². The largest absolute Gasteiger partial charge is 0.353 e. The second-order valence-corrected chi connectivity index (χ2v) is 5.64. The van der Waals surface area contributed by atoms with Gasteiger partial charge in [-0.05, 0) is 51.7 Å². The van der Waals surface area contributed by atoms with E-state index in [1.165, 1.54) is 51.4 Å². The fraction of sp³-hybridized carbons (Fsp3) is 0.714. The standard InChI is InChI=1S/C21H36O2/c1-4-7-8-9-10-11-12-13-14-15-16-17-18-19-20-21(22-5-2)23-6-3/h4,9-10,21H,1,5-6,11-20H2,2-3H3/b10-9-. The van der Waals surface area contributed by atoms with E-state index in [0.29, 0.717) is 0 Å². The van der Waals surface area contributed by atoms with Crippen LogP contribution in [-0.4, -0.2) is 19.5 Å². The first kappa shape index (κ1) is 22.0. The van der Waals surface area contributed by atoms with Crippen molar-refractivity contribution in [3.63, 3.8) is 0 Å². The summed E-state index contributed by atoms with van der Waals surface area (Å²) in [7, 11) is 0. The van der Waals surface area contributed by atoms with Gasteiger partial charge in [-0.25, -0.2) is 0 Å². The highest BCUT2D eigenvalue weighted by Gasteiger charge is 2.06. The summed E-state index contributed by atoms with van der Waals surface area (Å²) in [5.41, 5.74) is 0. The number of ether oxygens (including phenoxy) is 2. The predicted octanol–water partition coefficient (Wildman–Crippen LogP) is 6.03. The Hall–Kier alpha value is -1.04. The number of rotatable bonds is 15. The molecular formula is C21H36O2. The third kappa shape index (κ3) is 17.2. The third-order valence-electron chi connectivity index (χ3n) is 3.65. The lowest BCUT2D eigenvalue weighted by Crippen LogP contribution is -2.17. The van der Waals surface area contributed by atoms with Gasteiger partial charge in [-0.3, -0.25) is 0 Å². The molecule has 0 rings (SSSR count). The van der Waals surface area contributed by atoms with Gasteiger partial charge in [0, 0.05) is 13.2 Å². The molecule has 0 N–H and O–H groups in total. The quantitative estimate of drug-likeness (QED) is 0.208. The van der Waals surface area contributed by atoms with Crippen LogP contribution in [0.15, 0.2) is 24.8 Å². The van der Waals surface area contributed by atoms with Gasteiger partial charge in [0.05, 0.1) is 0 Å². The molecule has 0 aliphatic carbocycles. The van der Waals surface area contributed by atoms with Crippen LogP contribution in [0.1, 0.15) is 78.1 Å². The number of unbranched alkanes of at least 4 members (excludes halogenated alkanes) is 8. The van der Waals surface area contributed by atoms with Crippen molar-refractivity contribution in [2.45, 2.75) is 84.3 Å². The van der Waals surface area contributed by atoms with E-state index < -0.39 is 0 Å². The first-order valence-electron chi connectivity index (χ1n) is 9.35. The van der Waals surface area contributed by atoms with Gasteiger partial charge in [-0.2, -0.15) is 0 Å². The van der Waals surface area contributed by atoms with E-state index >= 15 is 0 Å². The molecule has 2 nitrogen and oxygen atoms in total. The molecule has 23 heavy (non-hydrogen) atoms. The summed E-state index contributed by atoms with van der Waals surface area (Å²) in [4.78, 5) is 0. The zero-order valence-corrected chi connectivity index (χ0v) is 15.3. The lowest BCUT2D eigenvalue weighted by atomic mass is 10.1. The van der Waals surface area contributed by atoms with E-state index in [-0.39, 0.29) is 6.29 Å². The molecule has 0 spiro atoms. The maximum atomic E-state index is 5.55. The fourth-order valence-corrected chi connectivity index (χ4v) is 2.47. The molecule has 0 aliphatic heterocycles. The van der Waals surface area contributed by atoms with Crippen LogP contribution in [0.3, 0.4) is 0 Å². The Labute approximate surface area is 144 Å². The highest BCUT2D eigenvalue weighted by molar-refractivity contribution is 5.21. The van der Waals surface area contributed by atoms with Crippen LogP contribution < -0.4 is 0 Å². The van der Waals surface area contributed by atoms with E-state index in [2.05, 4.69) is 24.5 Å². The van der Waals surface area contributed by atoms with E-state index in [1.54, 1.807) is 6.08 Å². The normalized spacial score (nSPS) is 10.9. The van der Waals surface area contributed by atoms with Crippen LogP contribution in [0.25, 0.3) is 0 Å². The minimum absolute atomic E-state index is 0.00854. The van der Waals surface area contributed by atoms with Crippen LogP contribution >= 0.6 is 0 Å². The summed E-state index contributed by atoms with van der Waals surface area (Å²) >= 11 is 0. The summed E-state index contributed by atoms with van der Waals surface area (Å²) in [6.07, 6.45) is 18.4. The van der Waals surface area contributed by atoms with Crippen molar-refractivity contribution in [3.05, 3.63) is 24.8 Å². The first-order valence-corrected chi connectivity index (χ1v) is 9.35. The number of hydrogen-bond donors (Lipinski definition) is 0. The molecule has 0 amide bonds. The Morgan fingerprint density at radius 3 is 1.96 bits per heavy atom. The third-order valence-corrected chi connectivity index (χ3v) is 3.65. The summed E-state index contributed by atoms with van der Waals surface area (Å²) in [6, 6.07) is 0. The molecule has 0 aromatic rings. The molecule has 0 fully saturated rings. The molecule has 132 valence electrons. The van der Waals surface area contributed by atoms with Crippen LogP contribution in [0, 0.1) is 11.8 Å². The molecule has 0 aromatic heterocycles. The highest BCUT2D eigenvalue weighted by Crippen LogP contribution is 2.13. The Morgan fingerprint density at radius 2 is 1.39 bits per heavy atom. The molecule has 0 aliphatic rings.